The summed E-state index contributed by atoms with van der Waals surface area (Å²) in [4.78, 5) is 69.3. The van der Waals surface area contributed by atoms with Gasteiger partial charge in [-0.1, -0.05) is 48.7 Å². The maximum absolute atomic E-state index is 14.1. The summed E-state index contributed by atoms with van der Waals surface area (Å²) in [6, 6.07) is 3.46. The van der Waals surface area contributed by atoms with Crippen LogP contribution in [0.3, 0.4) is 0 Å². The number of ether oxygens (including phenoxy) is 2. The minimum absolute atomic E-state index is 0.0133. The molecule has 1 aromatic rings. The van der Waals surface area contributed by atoms with E-state index in [1.165, 1.54) is 9.80 Å². The summed E-state index contributed by atoms with van der Waals surface area (Å²) in [7, 11) is 0. The minimum Gasteiger partial charge on any atom is -0.444 e. The van der Waals surface area contributed by atoms with Gasteiger partial charge in [-0.15, -0.1) is 0 Å². The summed E-state index contributed by atoms with van der Waals surface area (Å²) in [5, 5.41) is 14.6. The van der Waals surface area contributed by atoms with Crippen molar-refractivity contribution in [3.8, 4) is 0 Å². The van der Waals surface area contributed by atoms with Gasteiger partial charge >= 0.3 is 12.2 Å². The first kappa shape index (κ1) is 39.0. The fourth-order valence-electron chi connectivity index (χ4n) is 6.37. The molecule has 1 saturated carbocycles. The fraction of sp³-hybridized carbons (Fsp3) is 0.639. The first-order valence-electron chi connectivity index (χ1n) is 17.3. The van der Waals surface area contributed by atoms with E-state index in [0.29, 0.717) is 30.8 Å². The van der Waals surface area contributed by atoms with Gasteiger partial charge in [-0.2, -0.15) is 0 Å². The molecule has 3 aliphatic heterocycles. The number of alkyl carbamates (subject to hydrolysis) is 1. The van der Waals surface area contributed by atoms with Gasteiger partial charge in [0.1, 0.15) is 29.3 Å². The topological polar surface area (TPSA) is 181 Å². The van der Waals surface area contributed by atoms with Crippen molar-refractivity contribution in [2.45, 2.75) is 135 Å². The molecule has 0 unspecified atom stereocenters. The molecular formula is C36H52ClN5O8. The molecule has 5 rings (SSSR count). The Kier molecular flexibility index (Phi) is 12.1. The van der Waals surface area contributed by atoms with E-state index in [2.05, 4.69) is 10.6 Å². The summed E-state index contributed by atoms with van der Waals surface area (Å²) >= 11 is 6.33. The van der Waals surface area contributed by atoms with Crippen LogP contribution in [0, 0.1) is 5.92 Å². The number of aliphatic hydroxyl groups is 1. The van der Waals surface area contributed by atoms with Crippen molar-refractivity contribution in [1.29, 1.82) is 0 Å². The summed E-state index contributed by atoms with van der Waals surface area (Å²) in [5.41, 5.74) is 5.01. The molecular weight excluding hydrogens is 666 g/mol. The van der Waals surface area contributed by atoms with Crippen molar-refractivity contribution < 1.29 is 38.6 Å². The van der Waals surface area contributed by atoms with Crippen LogP contribution in [0.4, 0.5) is 9.59 Å². The number of nitrogens with two attached hydrogens (primary N) is 1. The van der Waals surface area contributed by atoms with Gasteiger partial charge in [0.15, 0.2) is 0 Å². The highest BCUT2D eigenvalue weighted by Crippen LogP contribution is 2.45. The zero-order valence-electron chi connectivity index (χ0n) is 29.9. The molecule has 50 heavy (non-hydrogen) atoms. The Morgan fingerprint density at radius 2 is 1.78 bits per heavy atom. The van der Waals surface area contributed by atoms with Crippen LogP contribution < -0.4 is 16.4 Å². The number of halogens is 1. The van der Waals surface area contributed by atoms with Crippen LogP contribution in [-0.4, -0.2) is 86.3 Å². The summed E-state index contributed by atoms with van der Waals surface area (Å²) < 4.78 is 11.3. The molecule has 1 saturated heterocycles. The predicted molar refractivity (Wildman–Crippen MR) is 187 cm³/mol. The van der Waals surface area contributed by atoms with Crippen LogP contribution in [0.25, 0.3) is 0 Å². The second-order valence-corrected chi connectivity index (χ2v) is 16.0. The smallest absolute Gasteiger partial charge is 0.410 e. The molecule has 0 spiro atoms. The molecule has 5 atom stereocenters. The van der Waals surface area contributed by atoms with E-state index in [1.54, 1.807) is 47.6 Å². The first-order chi connectivity index (χ1) is 23.3. The number of primary amides is 1. The van der Waals surface area contributed by atoms with Gasteiger partial charge in [0.2, 0.25) is 17.7 Å². The van der Waals surface area contributed by atoms with Crippen molar-refractivity contribution >= 4 is 41.5 Å². The lowest BCUT2D eigenvalue weighted by atomic mass is 10.0. The second kappa shape index (κ2) is 15.6. The quantitative estimate of drug-likeness (QED) is 0.334. The average Bonchev–Trinajstić information content (AvgIpc) is 3.30. The van der Waals surface area contributed by atoms with E-state index in [9.17, 15) is 24.0 Å². The van der Waals surface area contributed by atoms with E-state index in [1.807, 2.05) is 24.3 Å². The van der Waals surface area contributed by atoms with Crippen molar-refractivity contribution in [2.75, 3.05) is 6.54 Å². The Labute approximate surface area is 299 Å². The lowest BCUT2D eigenvalue weighted by Gasteiger charge is -2.30. The molecule has 0 radical (unpaired) electrons. The summed E-state index contributed by atoms with van der Waals surface area (Å²) in [6.45, 7) is 11.0. The second-order valence-electron chi connectivity index (χ2n) is 15.6. The van der Waals surface area contributed by atoms with E-state index >= 15 is 0 Å². The molecule has 4 aliphatic rings. The molecule has 14 heteroatoms. The molecule has 5 amide bonds. The van der Waals surface area contributed by atoms with E-state index in [0.717, 1.165) is 30.4 Å². The number of nitrogens with one attached hydrogen (secondary N) is 2. The molecule has 1 aliphatic carbocycles. The van der Waals surface area contributed by atoms with Crippen molar-refractivity contribution in [3.05, 3.63) is 46.5 Å². The van der Waals surface area contributed by atoms with E-state index in [4.69, 9.17) is 31.9 Å². The van der Waals surface area contributed by atoms with Gasteiger partial charge < -0.3 is 35.8 Å². The van der Waals surface area contributed by atoms with Crippen LogP contribution >= 0.6 is 11.6 Å². The average molecular weight is 718 g/mol. The first-order valence-corrected chi connectivity index (χ1v) is 17.7. The molecule has 3 heterocycles. The lowest BCUT2D eigenvalue weighted by Crippen LogP contribution is -2.57. The molecule has 276 valence electrons. The lowest BCUT2D eigenvalue weighted by molar-refractivity contribution is -0.141. The van der Waals surface area contributed by atoms with Gasteiger partial charge in [0.25, 0.3) is 0 Å². The third kappa shape index (κ3) is 10.3. The SMILES string of the molecule is CC(C)(C)O.CC(C)(C)OC(=O)N[C@H]1CCCCC/C=C\[C@@H]2C[C@@]2(C(N)=O)NC(=O)[C@@H]2C[C@@H](OC(=O)N3Cc4cccc(Cl)c4C3)CN2C1=O. The number of carbonyl (C=O) groups is 5. The Morgan fingerprint density at radius 1 is 1.08 bits per heavy atom. The minimum atomic E-state index is -1.24. The molecule has 2 fully saturated rings. The highest BCUT2D eigenvalue weighted by molar-refractivity contribution is 6.31. The number of rotatable bonds is 3. The van der Waals surface area contributed by atoms with Crippen molar-refractivity contribution in [2.24, 2.45) is 11.7 Å². The number of benzene rings is 1. The number of hydrogen-bond donors (Lipinski definition) is 4. The molecule has 0 aromatic heterocycles. The summed E-state index contributed by atoms with van der Waals surface area (Å²) in [6.07, 6.45) is 5.55. The van der Waals surface area contributed by atoms with E-state index in [-0.39, 0.29) is 25.4 Å². The van der Waals surface area contributed by atoms with Crippen LogP contribution in [0.15, 0.2) is 30.4 Å². The Morgan fingerprint density at radius 3 is 2.42 bits per heavy atom. The molecule has 0 bridgehead atoms. The zero-order valence-corrected chi connectivity index (χ0v) is 30.7. The maximum atomic E-state index is 14.1. The fourth-order valence-corrected chi connectivity index (χ4v) is 6.62. The molecule has 1 aromatic carbocycles. The Hall–Kier alpha value is -3.84. The number of carbonyl (C=O) groups excluding carboxylic acids is 5. The van der Waals surface area contributed by atoms with Crippen LogP contribution in [0.1, 0.15) is 97.6 Å². The third-order valence-corrected chi connectivity index (χ3v) is 9.18. The van der Waals surface area contributed by atoms with Crippen molar-refractivity contribution in [1.82, 2.24) is 20.4 Å². The number of fused-ring (bicyclic) bond motifs is 3. The van der Waals surface area contributed by atoms with Gasteiger partial charge in [-0.25, -0.2) is 9.59 Å². The largest absolute Gasteiger partial charge is 0.444 e. The van der Waals surface area contributed by atoms with E-state index < -0.39 is 64.8 Å². The third-order valence-electron chi connectivity index (χ3n) is 8.82. The van der Waals surface area contributed by atoms with Gasteiger partial charge in [0.05, 0.1) is 18.7 Å². The highest BCUT2D eigenvalue weighted by atomic mass is 35.5. The van der Waals surface area contributed by atoms with Crippen LogP contribution in [0.2, 0.25) is 5.02 Å². The van der Waals surface area contributed by atoms with Gasteiger partial charge in [-0.05, 0) is 84.4 Å². The normalized spacial score (nSPS) is 27.5. The van der Waals surface area contributed by atoms with Crippen LogP contribution in [0.5, 0.6) is 0 Å². The Balaban J connectivity index is 0.00000105. The summed E-state index contributed by atoms with van der Waals surface area (Å²) in [5.74, 6) is -1.95. The predicted octanol–water partition coefficient (Wildman–Crippen LogP) is 4.31. The molecule has 5 N–H and O–H groups in total. The van der Waals surface area contributed by atoms with Crippen LogP contribution in [-0.2, 0) is 36.9 Å². The zero-order chi connectivity index (χ0) is 37.0. The number of hydrogen-bond acceptors (Lipinski definition) is 8. The number of nitrogens with zero attached hydrogens (tertiary/aromatic N) is 2. The molecule has 13 nitrogen and oxygen atoms in total. The number of allylic oxidation sites excluding steroid dienone is 1. The number of amides is 5. The maximum Gasteiger partial charge on any atom is 0.410 e. The highest BCUT2D eigenvalue weighted by Gasteiger charge is 2.60. The van der Waals surface area contributed by atoms with Gasteiger partial charge in [0, 0.05) is 23.9 Å². The standard InChI is InChI=1S/C32H42ClN5O7.C4H10O/c1-31(2,3)45-29(42)35-24-13-8-6-4-5-7-11-20-15-32(20,28(34)41)36-26(39)25-14-21(17-38(25)27(24)40)44-30(43)37-16-19-10-9-12-23(33)22(19)18-37;1-4(2,3)5/h7,9-12,20-21,24-25H,4-6,8,13-18H2,1-3H3,(H2,34,41)(H,35,42)(H,36,39);5H,1-3H3/b11-7-;/t20-,21-,24+,25+,32-;/m1./s1. The monoisotopic (exact) mass is 717 g/mol. The Bertz CT molecular complexity index is 1480. The van der Waals surface area contributed by atoms with Gasteiger partial charge in [-0.3, -0.25) is 19.3 Å². The van der Waals surface area contributed by atoms with Crippen molar-refractivity contribution in [3.63, 3.8) is 0 Å².